The molecule has 0 saturated carbocycles. The van der Waals surface area contributed by atoms with Gasteiger partial charge in [0.1, 0.15) is 13.2 Å². The zero-order valence-corrected chi connectivity index (χ0v) is 56.6. The molecule has 4 nitrogen and oxygen atoms in total. The van der Waals surface area contributed by atoms with E-state index in [2.05, 4.69) is 164 Å². The van der Waals surface area contributed by atoms with E-state index in [1.165, 1.54) is 238 Å². The van der Waals surface area contributed by atoms with E-state index >= 15 is 0 Å². The minimum atomic E-state index is -0.335. The van der Waals surface area contributed by atoms with Crippen LogP contribution in [0.1, 0.15) is 293 Å². The number of rotatable bonds is 38. The number of ether oxygens (including phenoxy) is 2. The van der Waals surface area contributed by atoms with Gasteiger partial charge < -0.3 is 9.47 Å². The lowest BCUT2D eigenvalue weighted by Crippen LogP contribution is -2.27. The van der Waals surface area contributed by atoms with Gasteiger partial charge in [0, 0.05) is 27.4 Å². The van der Waals surface area contributed by atoms with Crippen LogP contribution in [0.4, 0.5) is 0 Å². The molecule has 6 aromatic carbocycles. The molecule has 0 heterocycles. The van der Waals surface area contributed by atoms with Crippen LogP contribution in [0.3, 0.4) is 0 Å². The molecule has 0 bridgehead atoms. The maximum atomic E-state index is 12.8. The van der Waals surface area contributed by atoms with Crippen molar-refractivity contribution in [3.05, 3.63) is 178 Å². The molecule has 0 aromatic heterocycles. The molecular formula is C85H110O4. The highest BCUT2D eigenvalue weighted by Gasteiger charge is 2.47. The van der Waals surface area contributed by atoms with Gasteiger partial charge in [-0.15, -0.1) is 0 Å². The van der Waals surface area contributed by atoms with E-state index in [1.54, 1.807) is 19.4 Å². The second-order valence-electron chi connectivity index (χ2n) is 27.6. The van der Waals surface area contributed by atoms with Crippen LogP contribution in [0.15, 0.2) is 133 Å². The fourth-order valence-corrected chi connectivity index (χ4v) is 16.3. The minimum Gasteiger partial charge on any atom is -0.457 e. The molecule has 3 aliphatic rings. The maximum absolute atomic E-state index is 12.8. The lowest BCUT2D eigenvalue weighted by Gasteiger charge is -2.35. The smallest absolute Gasteiger partial charge is 0.333 e. The van der Waals surface area contributed by atoms with Crippen LogP contribution in [0.2, 0.25) is 0 Å². The molecule has 3 aliphatic carbocycles. The van der Waals surface area contributed by atoms with Crippen LogP contribution < -0.4 is 0 Å². The molecule has 4 heteroatoms. The Kier molecular flexibility index (Phi) is 23.9. The average molecular weight is 1200 g/mol. The summed E-state index contributed by atoms with van der Waals surface area (Å²) in [6.45, 7) is 25.7. The summed E-state index contributed by atoms with van der Waals surface area (Å²) in [6, 6.07) is 44.1. The van der Waals surface area contributed by atoms with Crippen molar-refractivity contribution >= 4 is 11.9 Å². The number of benzene rings is 6. The van der Waals surface area contributed by atoms with Crippen molar-refractivity contribution in [1.82, 2.24) is 0 Å². The minimum absolute atomic E-state index is 0.137. The Morgan fingerprint density at radius 3 is 0.978 bits per heavy atom. The highest BCUT2D eigenvalue weighted by molar-refractivity contribution is 5.93. The highest BCUT2D eigenvalue weighted by atomic mass is 16.5. The Morgan fingerprint density at radius 2 is 0.618 bits per heavy atom. The van der Waals surface area contributed by atoms with Gasteiger partial charge in [-0.2, -0.15) is 0 Å². The van der Waals surface area contributed by atoms with E-state index in [0.717, 1.165) is 49.7 Å². The van der Waals surface area contributed by atoms with Gasteiger partial charge in [-0.1, -0.05) is 300 Å². The molecule has 0 aliphatic heterocycles. The molecule has 89 heavy (non-hydrogen) atoms. The van der Waals surface area contributed by atoms with Gasteiger partial charge in [0.25, 0.3) is 0 Å². The van der Waals surface area contributed by atoms with Gasteiger partial charge >= 0.3 is 11.9 Å². The van der Waals surface area contributed by atoms with E-state index in [1.807, 2.05) is 0 Å². The fourth-order valence-electron chi connectivity index (χ4n) is 16.3. The van der Waals surface area contributed by atoms with E-state index in [0.29, 0.717) is 11.1 Å². The predicted octanol–water partition coefficient (Wildman–Crippen LogP) is 24.9. The molecule has 9 rings (SSSR count). The number of carbonyl (C=O) groups excluding carboxylic acids is 2. The molecule has 474 valence electrons. The van der Waals surface area contributed by atoms with Crippen molar-refractivity contribution < 1.29 is 19.1 Å². The van der Waals surface area contributed by atoms with Crippen LogP contribution in [0, 0.1) is 0 Å². The summed E-state index contributed by atoms with van der Waals surface area (Å²) in [7, 11) is 0. The first-order valence-corrected chi connectivity index (χ1v) is 35.9. The molecule has 6 aromatic rings. The number of esters is 2. The normalized spacial score (nSPS) is 14.2. The number of carbonyl (C=O) groups is 2. The van der Waals surface area contributed by atoms with Crippen molar-refractivity contribution in [3.63, 3.8) is 0 Å². The Morgan fingerprint density at radius 1 is 0.326 bits per heavy atom. The van der Waals surface area contributed by atoms with E-state index in [-0.39, 0.29) is 41.4 Å². The number of hydrogen-bond donors (Lipinski definition) is 0. The number of unbranched alkanes of at least 4 members (excludes halogenated alkanes) is 18. The molecule has 0 atom stereocenters. The van der Waals surface area contributed by atoms with Gasteiger partial charge in [-0.05, 0) is 171 Å². The van der Waals surface area contributed by atoms with Gasteiger partial charge in [0.05, 0.1) is 0 Å². The monoisotopic (exact) mass is 1190 g/mol. The molecule has 0 amide bonds. The van der Waals surface area contributed by atoms with Crippen LogP contribution in [0.5, 0.6) is 0 Å². The second-order valence-corrected chi connectivity index (χ2v) is 27.6. The summed E-state index contributed by atoms with van der Waals surface area (Å²) in [5.41, 5.74) is 25.1. The van der Waals surface area contributed by atoms with Crippen molar-refractivity contribution in [2.75, 3.05) is 0 Å². The molecule has 0 spiro atoms. The summed E-state index contributed by atoms with van der Waals surface area (Å²) in [5.74, 6) is -0.668. The lowest BCUT2D eigenvalue weighted by atomic mass is 9.67. The van der Waals surface area contributed by atoms with Crippen molar-refractivity contribution in [2.45, 2.75) is 277 Å². The Hall–Kier alpha value is -6.26. The predicted molar refractivity (Wildman–Crippen MR) is 378 cm³/mol. The Balaban J connectivity index is 1.20. The Bertz CT molecular complexity index is 3370. The molecule has 0 saturated heterocycles. The summed E-state index contributed by atoms with van der Waals surface area (Å²) >= 11 is 0. The molecule has 0 radical (unpaired) electrons. The van der Waals surface area contributed by atoms with Crippen molar-refractivity contribution in [1.29, 1.82) is 0 Å². The van der Waals surface area contributed by atoms with Crippen LogP contribution >= 0.6 is 0 Å². The van der Waals surface area contributed by atoms with Crippen molar-refractivity contribution in [2.24, 2.45) is 0 Å². The van der Waals surface area contributed by atoms with Crippen LogP contribution in [0.25, 0.3) is 55.6 Å². The summed E-state index contributed by atoms with van der Waals surface area (Å²) in [6.07, 6.45) is 36.0. The number of fused-ring (bicyclic) bond motifs is 9. The molecule has 0 fully saturated rings. The van der Waals surface area contributed by atoms with Crippen LogP contribution in [-0.4, -0.2) is 11.9 Å². The van der Waals surface area contributed by atoms with Crippen LogP contribution in [-0.2, 0) is 48.5 Å². The number of hydrogen-bond acceptors (Lipinski definition) is 4. The molecule has 0 unspecified atom stereocenters. The van der Waals surface area contributed by atoms with Gasteiger partial charge in [-0.3, -0.25) is 0 Å². The SMILES string of the molecule is C=C(C)C(=O)OCc1ccc2c(c1)C(CCCCCC)(CCCCCC)c1cc(-c3ccc4c(c3)C(CCCCCC)(CCCCCC)c3c(-c5ccc6c(c5)C(CCCCCC)(CCCCCC)c5cc(COC(=O)C(=C)C)ccc5-6)cccc3-4)ccc1-2. The molecule has 0 N–H and O–H groups in total. The van der Waals surface area contributed by atoms with Gasteiger partial charge in [0.15, 0.2) is 0 Å². The van der Waals surface area contributed by atoms with E-state index in [4.69, 9.17) is 9.47 Å². The van der Waals surface area contributed by atoms with Gasteiger partial charge in [0.2, 0.25) is 0 Å². The van der Waals surface area contributed by atoms with E-state index < -0.39 is 0 Å². The summed E-state index contributed by atoms with van der Waals surface area (Å²) in [4.78, 5) is 25.5. The zero-order valence-electron chi connectivity index (χ0n) is 56.6. The second kappa shape index (κ2) is 31.7. The zero-order chi connectivity index (χ0) is 63.0. The summed E-state index contributed by atoms with van der Waals surface area (Å²) < 4.78 is 11.7. The fraction of sp³-hybridized carbons (Fsp3) is 0.506. The standard InChI is InChI=1S/C85H110O4/c1-11-17-23-29-48-83(49-30-24-18-12-2)75-54-63(59-88-81(86)61(7)8)38-43-69(75)71-45-40-65(56-77(71)83)66-41-46-73-74-37-35-36-68(80(74)85(79(73)57-66,52-33-27-21-15-5)53-34-28-22-16-6)67-42-47-72-70-44-39-64(60-89-82(87)62(9)10)55-76(70)84(78(72)58-67,50-31-25-19-13-3)51-32-26-20-14-4/h35-47,54-58H,7,9,11-34,48-53,59-60H2,1-6,8,10H3. The quantitative estimate of drug-likeness (QED) is 0.0220. The third kappa shape index (κ3) is 14.6. The third-order valence-electron chi connectivity index (χ3n) is 21.0. The first-order chi connectivity index (χ1) is 43.3. The third-order valence-corrected chi connectivity index (χ3v) is 21.0. The average Bonchev–Trinajstić information content (AvgIpc) is 2.04. The summed E-state index contributed by atoms with van der Waals surface area (Å²) in [5, 5.41) is 0. The highest BCUT2D eigenvalue weighted by Crippen LogP contribution is 2.61. The Labute approximate surface area is 539 Å². The van der Waals surface area contributed by atoms with Gasteiger partial charge in [-0.25, -0.2) is 9.59 Å². The largest absolute Gasteiger partial charge is 0.457 e. The first-order valence-electron chi connectivity index (χ1n) is 35.9. The maximum Gasteiger partial charge on any atom is 0.333 e. The first kappa shape index (κ1) is 67.1. The topological polar surface area (TPSA) is 52.6 Å². The van der Waals surface area contributed by atoms with E-state index in [9.17, 15) is 9.59 Å². The molecular weight excluding hydrogens is 1080 g/mol. The lowest BCUT2D eigenvalue weighted by molar-refractivity contribution is -0.141. The van der Waals surface area contributed by atoms with Crippen molar-refractivity contribution in [3.8, 4) is 55.6 Å².